The highest BCUT2D eigenvalue weighted by atomic mass is 32.2. The topological polar surface area (TPSA) is 27.7 Å². The van der Waals surface area contributed by atoms with Gasteiger partial charge in [-0.05, 0) is 17.9 Å². The quantitative estimate of drug-likeness (QED) is 0.799. The van der Waals surface area contributed by atoms with Crippen molar-refractivity contribution in [1.82, 2.24) is 0 Å². The van der Waals surface area contributed by atoms with Crippen molar-refractivity contribution in [2.75, 3.05) is 32.8 Å². The highest BCUT2D eigenvalue weighted by molar-refractivity contribution is 8.17. The molecule has 0 aliphatic carbocycles. The third kappa shape index (κ3) is 3.71. The van der Waals surface area contributed by atoms with E-state index in [1.807, 2.05) is 35.7 Å². The minimum atomic E-state index is 0.349. The zero-order valence-corrected chi connectivity index (χ0v) is 13.5. The van der Waals surface area contributed by atoms with Crippen molar-refractivity contribution in [3.8, 4) is 29.1 Å². The minimum Gasteiger partial charge on any atom is -0.495 e. The number of hydrogen-bond acceptors (Lipinski definition) is 5. The van der Waals surface area contributed by atoms with Crippen LogP contribution in [0, 0.1) is 11.8 Å². The first-order valence-corrected chi connectivity index (χ1v) is 8.43. The van der Waals surface area contributed by atoms with E-state index in [1.54, 1.807) is 21.3 Å². The van der Waals surface area contributed by atoms with Crippen molar-refractivity contribution in [2.45, 2.75) is 11.0 Å². The van der Waals surface area contributed by atoms with Crippen LogP contribution in [0.3, 0.4) is 0 Å². The first kappa shape index (κ1) is 15.3. The van der Waals surface area contributed by atoms with Crippen molar-refractivity contribution >= 4 is 23.5 Å². The second-order valence-electron chi connectivity index (χ2n) is 4.10. The van der Waals surface area contributed by atoms with Crippen LogP contribution in [-0.2, 0) is 0 Å². The van der Waals surface area contributed by atoms with Crippen LogP contribution in [0.5, 0.6) is 17.2 Å². The standard InChI is InChI=1S/C15H18O3S2/c1-16-12-10-14(18-3)13(17-2)9-11(12)5-6-15-19-7-4-8-20-15/h9-10,15H,4,7-8H2,1-3H3. The number of benzene rings is 1. The van der Waals surface area contributed by atoms with Gasteiger partial charge in [0.2, 0.25) is 0 Å². The molecule has 108 valence electrons. The lowest BCUT2D eigenvalue weighted by atomic mass is 10.2. The molecule has 0 bridgehead atoms. The van der Waals surface area contributed by atoms with Crippen molar-refractivity contribution in [3.05, 3.63) is 17.7 Å². The maximum Gasteiger partial charge on any atom is 0.164 e. The SMILES string of the molecule is COc1cc(OC)c(OC)cc1C#CC1SCCCS1. The van der Waals surface area contributed by atoms with Gasteiger partial charge in [0.1, 0.15) is 10.3 Å². The third-order valence-corrected chi connectivity index (χ3v) is 5.56. The van der Waals surface area contributed by atoms with Crippen LogP contribution < -0.4 is 14.2 Å². The largest absolute Gasteiger partial charge is 0.495 e. The monoisotopic (exact) mass is 310 g/mol. The molecule has 5 heteroatoms. The molecule has 0 amide bonds. The Labute approximate surface area is 128 Å². The zero-order chi connectivity index (χ0) is 14.4. The van der Waals surface area contributed by atoms with Crippen LogP contribution in [-0.4, -0.2) is 37.4 Å². The number of methoxy groups -OCH3 is 3. The molecule has 1 aromatic carbocycles. The summed E-state index contributed by atoms with van der Waals surface area (Å²) in [7, 11) is 4.86. The second kappa shape index (κ2) is 7.61. The van der Waals surface area contributed by atoms with E-state index < -0.39 is 0 Å². The van der Waals surface area contributed by atoms with Crippen molar-refractivity contribution in [3.63, 3.8) is 0 Å². The summed E-state index contributed by atoms with van der Waals surface area (Å²) in [5, 5.41) is 0. The summed E-state index contributed by atoms with van der Waals surface area (Å²) in [6.45, 7) is 0. The third-order valence-electron chi connectivity index (χ3n) is 2.86. The number of rotatable bonds is 3. The molecule has 20 heavy (non-hydrogen) atoms. The molecule has 1 aliphatic heterocycles. The number of ether oxygens (including phenoxy) is 3. The lowest BCUT2D eigenvalue weighted by Gasteiger charge is -2.15. The van der Waals surface area contributed by atoms with E-state index >= 15 is 0 Å². The van der Waals surface area contributed by atoms with Crippen LogP contribution in [0.2, 0.25) is 0 Å². The Bertz CT molecular complexity index is 514. The summed E-state index contributed by atoms with van der Waals surface area (Å²) < 4.78 is 16.3. The van der Waals surface area contributed by atoms with Gasteiger partial charge in [0.25, 0.3) is 0 Å². The van der Waals surface area contributed by atoms with Gasteiger partial charge < -0.3 is 14.2 Å². The molecular formula is C15H18O3S2. The van der Waals surface area contributed by atoms with Crippen LogP contribution in [0.25, 0.3) is 0 Å². The molecule has 1 saturated heterocycles. The van der Waals surface area contributed by atoms with Gasteiger partial charge in [0.05, 0.1) is 26.9 Å². The summed E-state index contributed by atoms with van der Waals surface area (Å²) >= 11 is 3.81. The highest BCUT2D eigenvalue weighted by Crippen LogP contribution is 2.35. The molecule has 1 fully saturated rings. The predicted molar refractivity (Wildman–Crippen MR) is 86.3 cm³/mol. The molecule has 0 saturated carbocycles. The summed E-state index contributed by atoms with van der Waals surface area (Å²) in [4.78, 5) is 0. The first-order chi connectivity index (χ1) is 9.78. The van der Waals surface area contributed by atoms with Gasteiger partial charge in [0.15, 0.2) is 11.5 Å². The van der Waals surface area contributed by atoms with Crippen LogP contribution in [0.15, 0.2) is 12.1 Å². The van der Waals surface area contributed by atoms with Gasteiger partial charge in [-0.15, -0.1) is 23.5 Å². The van der Waals surface area contributed by atoms with Crippen LogP contribution in [0.1, 0.15) is 12.0 Å². The molecule has 0 spiro atoms. The van der Waals surface area contributed by atoms with E-state index in [9.17, 15) is 0 Å². The summed E-state index contributed by atoms with van der Waals surface area (Å²) in [5.74, 6) is 10.9. The normalized spacial score (nSPS) is 15.2. The molecule has 3 nitrogen and oxygen atoms in total. The van der Waals surface area contributed by atoms with E-state index in [2.05, 4.69) is 11.8 Å². The Kier molecular flexibility index (Phi) is 5.81. The first-order valence-electron chi connectivity index (χ1n) is 6.33. The molecule has 0 unspecified atom stereocenters. The van der Waals surface area contributed by atoms with E-state index in [4.69, 9.17) is 14.2 Å². The van der Waals surface area contributed by atoms with Gasteiger partial charge in [-0.3, -0.25) is 0 Å². The van der Waals surface area contributed by atoms with Crippen molar-refractivity contribution in [2.24, 2.45) is 0 Å². The molecule has 1 heterocycles. The Balaban J connectivity index is 2.27. The fourth-order valence-electron chi connectivity index (χ4n) is 1.83. The lowest BCUT2D eigenvalue weighted by molar-refractivity contribution is 0.348. The minimum absolute atomic E-state index is 0.349. The molecule has 0 aromatic heterocycles. The Morgan fingerprint density at radius 3 is 2.15 bits per heavy atom. The van der Waals surface area contributed by atoms with Gasteiger partial charge in [-0.25, -0.2) is 0 Å². The van der Waals surface area contributed by atoms with E-state index in [1.165, 1.54) is 17.9 Å². The van der Waals surface area contributed by atoms with Crippen molar-refractivity contribution in [1.29, 1.82) is 0 Å². The Hall–Kier alpha value is -1.12. The molecule has 0 N–H and O–H groups in total. The summed E-state index contributed by atoms with van der Waals surface area (Å²) in [5.41, 5.74) is 0.830. The number of hydrogen-bond donors (Lipinski definition) is 0. The average molecular weight is 310 g/mol. The highest BCUT2D eigenvalue weighted by Gasteiger charge is 2.13. The van der Waals surface area contributed by atoms with E-state index in [-0.39, 0.29) is 0 Å². The van der Waals surface area contributed by atoms with Crippen LogP contribution >= 0.6 is 23.5 Å². The maximum absolute atomic E-state index is 5.38. The molecule has 2 rings (SSSR count). The molecule has 1 aliphatic rings. The molecule has 0 atom stereocenters. The van der Waals surface area contributed by atoms with Gasteiger partial charge in [-0.1, -0.05) is 11.8 Å². The molecular weight excluding hydrogens is 292 g/mol. The Morgan fingerprint density at radius 2 is 1.55 bits per heavy atom. The summed E-state index contributed by atoms with van der Waals surface area (Å²) in [6.07, 6.45) is 1.27. The van der Waals surface area contributed by atoms with Gasteiger partial charge >= 0.3 is 0 Å². The predicted octanol–water partition coefficient (Wildman–Crippen LogP) is 3.26. The summed E-state index contributed by atoms with van der Waals surface area (Å²) in [6, 6.07) is 3.67. The second-order valence-corrected chi connectivity index (χ2v) is 6.83. The number of thioether (sulfide) groups is 2. The van der Waals surface area contributed by atoms with Gasteiger partial charge in [-0.2, -0.15) is 0 Å². The lowest BCUT2D eigenvalue weighted by Crippen LogP contribution is -2.03. The van der Waals surface area contributed by atoms with Gasteiger partial charge in [0, 0.05) is 12.1 Å². The maximum atomic E-state index is 5.38. The van der Waals surface area contributed by atoms with E-state index in [0.29, 0.717) is 21.8 Å². The smallest absolute Gasteiger partial charge is 0.164 e. The van der Waals surface area contributed by atoms with Crippen LogP contribution in [0.4, 0.5) is 0 Å². The molecule has 0 radical (unpaired) electrons. The Morgan fingerprint density at radius 1 is 0.950 bits per heavy atom. The average Bonchev–Trinajstić information content (AvgIpc) is 2.52. The fraction of sp³-hybridized carbons (Fsp3) is 0.467. The van der Waals surface area contributed by atoms with E-state index in [0.717, 1.165) is 5.56 Å². The molecule has 1 aromatic rings. The zero-order valence-electron chi connectivity index (χ0n) is 11.9. The fourth-order valence-corrected chi connectivity index (χ4v) is 4.31. The van der Waals surface area contributed by atoms with Crippen molar-refractivity contribution < 1.29 is 14.2 Å².